The molecule has 3 rings (SSSR count). The zero-order valence-corrected chi connectivity index (χ0v) is 16.8. The van der Waals surface area contributed by atoms with Crippen molar-refractivity contribution < 1.29 is 0 Å². The minimum atomic E-state index is 0.336. The fourth-order valence-electron chi connectivity index (χ4n) is 5.05. The molecule has 0 aromatic carbocycles. The Morgan fingerprint density at radius 1 is 1.04 bits per heavy atom. The summed E-state index contributed by atoms with van der Waals surface area (Å²) in [7, 11) is 0. The third kappa shape index (κ3) is 4.62. The van der Waals surface area contributed by atoms with E-state index in [0.717, 1.165) is 11.2 Å². The fourth-order valence-corrected chi connectivity index (χ4v) is 5.05. The van der Waals surface area contributed by atoms with Crippen molar-refractivity contribution in [2.75, 3.05) is 0 Å². The number of aromatic amines is 1. The molecule has 3 nitrogen and oxygen atoms in total. The van der Waals surface area contributed by atoms with Gasteiger partial charge in [0.1, 0.15) is 5.52 Å². The standard InChI is InChI=1S/C22H35N3/c1-16-13-23-20-19(16)25-18(14-24-20)17-10-8-6-7-9-11-21(2,3)15-22(4,5)12-17/h13-14,17H,6-12,15H2,1-5H3,(H,23,24). The number of hydrogen-bond acceptors (Lipinski definition) is 2. The molecule has 0 saturated heterocycles. The molecular formula is C22H35N3. The van der Waals surface area contributed by atoms with E-state index < -0.39 is 0 Å². The number of nitrogens with zero attached hydrogens (tertiary/aromatic N) is 2. The van der Waals surface area contributed by atoms with Crippen molar-refractivity contribution >= 4 is 11.2 Å². The summed E-state index contributed by atoms with van der Waals surface area (Å²) in [6.45, 7) is 11.9. The predicted molar refractivity (Wildman–Crippen MR) is 106 cm³/mol. The minimum absolute atomic E-state index is 0.336. The van der Waals surface area contributed by atoms with Crippen LogP contribution >= 0.6 is 0 Å². The number of nitrogens with one attached hydrogen (secondary N) is 1. The predicted octanol–water partition coefficient (Wildman–Crippen LogP) is 6.54. The lowest BCUT2D eigenvalue weighted by Crippen LogP contribution is -2.25. The smallest absolute Gasteiger partial charge is 0.156 e. The number of H-pyrrole nitrogens is 1. The Bertz CT molecular complexity index is 711. The van der Waals surface area contributed by atoms with Gasteiger partial charge in [-0.3, -0.25) is 0 Å². The maximum atomic E-state index is 5.02. The normalized spacial score (nSPS) is 24.8. The molecule has 0 amide bonds. The average Bonchev–Trinajstić information content (AvgIpc) is 2.87. The Morgan fingerprint density at radius 3 is 2.60 bits per heavy atom. The Balaban J connectivity index is 1.89. The second kappa shape index (κ2) is 7.09. The van der Waals surface area contributed by atoms with E-state index in [9.17, 15) is 0 Å². The fraction of sp³-hybridized carbons (Fsp3) is 0.727. The molecule has 1 atom stereocenters. The molecular weight excluding hydrogens is 306 g/mol. The second-order valence-electron chi connectivity index (χ2n) is 9.82. The molecule has 0 radical (unpaired) electrons. The SMILES string of the molecule is Cc1c[nH]c2ncc(C3CCCCCCC(C)(C)CC(C)(C)C3)nc12. The van der Waals surface area contributed by atoms with E-state index in [1.807, 2.05) is 12.4 Å². The summed E-state index contributed by atoms with van der Waals surface area (Å²) in [6.07, 6.45) is 14.5. The van der Waals surface area contributed by atoms with Gasteiger partial charge in [-0.1, -0.05) is 53.4 Å². The summed E-state index contributed by atoms with van der Waals surface area (Å²) in [5.41, 5.74) is 5.12. The first-order valence-corrected chi connectivity index (χ1v) is 10.1. The molecule has 25 heavy (non-hydrogen) atoms. The van der Waals surface area contributed by atoms with E-state index in [2.05, 4.69) is 44.6 Å². The number of fused-ring (bicyclic) bond motifs is 1. The Kier molecular flexibility index (Phi) is 5.22. The van der Waals surface area contributed by atoms with Crippen LogP contribution in [0.3, 0.4) is 0 Å². The monoisotopic (exact) mass is 341 g/mol. The van der Waals surface area contributed by atoms with Gasteiger partial charge in [0.05, 0.1) is 11.9 Å². The van der Waals surface area contributed by atoms with Crippen LogP contribution in [0.25, 0.3) is 11.2 Å². The summed E-state index contributed by atoms with van der Waals surface area (Å²) < 4.78 is 0. The van der Waals surface area contributed by atoms with E-state index in [0.29, 0.717) is 16.7 Å². The highest BCUT2D eigenvalue weighted by Crippen LogP contribution is 2.44. The van der Waals surface area contributed by atoms with Crippen LogP contribution in [-0.4, -0.2) is 15.0 Å². The van der Waals surface area contributed by atoms with Crippen molar-refractivity contribution in [3.05, 3.63) is 23.7 Å². The largest absolute Gasteiger partial charge is 0.345 e. The maximum absolute atomic E-state index is 5.02. The van der Waals surface area contributed by atoms with Gasteiger partial charge in [0.15, 0.2) is 5.65 Å². The zero-order valence-electron chi connectivity index (χ0n) is 16.8. The van der Waals surface area contributed by atoms with E-state index >= 15 is 0 Å². The van der Waals surface area contributed by atoms with Gasteiger partial charge in [-0.15, -0.1) is 0 Å². The molecule has 138 valence electrons. The molecule has 0 bridgehead atoms. The highest BCUT2D eigenvalue weighted by Gasteiger charge is 2.32. The third-order valence-corrected chi connectivity index (χ3v) is 5.92. The molecule has 2 aromatic rings. The highest BCUT2D eigenvalue weighted by molar-refractivity contribution is 5.74. The van der Waals surface area contributed by atoms with Gasteiger partial charge < -0.3 is 4.98 Å². The average molecular weight is 342 g/mol. The van der Waals surface area contributed by atoms with Crippen molar-refractivity contribution in [2.45, 2.75) is 91.9 Å². The van der Waals surface area contributed by atoms with Crippen LogP contribution in [0.4, 0.5) is 0 Å². The first kappa shape index (κ1) is 18.4. The van der Waals surface area contributed by atoms with Crippen LogP contribution in [0.2, 0.25) is 0 Å². The summed E-state index contributed by atoms with van der Waals surface area (Å²) in [5.74, 6) is 0.523. The van der Waals surface area contributed by atoms with Crippen LogP contribution in [0, 0.1) is 17.8 Å². The Hall–Kier alpha value is -1.38. The number of hydrogen-bond donors (Lipinski definition) is 1. The van der Waals surface area contributed by atoms with Gasteiger partial charge >= 0.3 is 0 Å². The molecule has 2 heterocycles. The minimum Gasteiger partial charge on any atom is -0.345 e. The van der Waals surface area contributed by atoms with Crippen molar-refractivity contribution in [3.8, 4) is 0 Å². The molecule has 0 aliphatic heterocycles. The topological polar surface area (TPSA) is 41.6 Å². The van der Waals surface area contributed by atoms with E-state index in [1.54, 1.807) is 0 Å². The zero-order chi connectivity index (χ0) is 18.1. The lowest BCUT2D eigenvalue weighted by Gasteiger charge is -2.37. The van der Waals surface area contributed by atoms with Crippen LogP contribution in [-0.2, 0) is 0 Å². The molecule has 3 heteroatoms. The molecule has 1 aliphatic rings. The van der Waals surface area contributed by atoms with Crippen molar-refractivity contribution in [1.29, 1.82) is 0 Å². The summed E-state index contributed by atoms with van der Waals surface area (Å²) >= 11 is 0. The van der Waals surface area contributed by atoms with Crippen LogP contribution in [0.1, 0.15) is 96.2 Å². The number of aromatic nitrogens is 3. The summed E-state index contributed by atoms with van der Waals surface area (Å²) in [5, 5.41) is 0. The molecule has 1 N–H and O–H groups in total. The van der Waals surface area contributed by atoms with Crippen LogP contribution in [0.15, 0.2) is 12.4 Å². The van der Waals surface area contributed by atoms with Crippen molar-refractivity contribution in [1.82, 2.24) is 15.0 Å². The van der Waals surface area contributed by atoms with Gasteiger partial charge in [0.2, 0.25) is 0 Å². The van der Waals surface area contributed by atoms with E-state index in [1.165, 1.54) is 62.6 Å². The van der Waals surface area contributed by atoms with Crippen LogP contribution in [0.5, 0.6) is 0 Å². The van der Waals surface area contributed by atoms with Gasteiger partial charge in [-0.2, -0.15) is 0 Å². The number of aryl methyl sites for hydroxylation is 1. The first-order valence-electron chi connectivity index (χ1n) is 10.1. The lowest BCUT2D eigenvalue weighted by atomic mass is 9.69. The molecule has 0 spiro atoms. The summed E-state index contributed by atoms with van der Waals surface area (Å²) in [6, 6.07) is 0. The number of rotatable bonds is 1. The molecule has 1 unspecified atom stereocenters. The van der Waals surface area contributed by atoms with E-state index in [4.69, 9.17) is 4.98 Å². The van der Waals surface area contributed by atoms with Gasteiger partial charge in [-0.05, 0) is 49.0 Å². The van der Waals surface area contributed by atoms with Gasteiger partial charge in [0.25, 0.3) is 0 Å². The lowest BCUT2D eigenvalue weighted by molar-refractivity contribution is 0.159. The molecule has 1 fully saturated rings. The molecule has 2 aromatic heterocycles. The third-order valence-electron chi connectivity index (χ3n) is 5.92. The highest BCUT2D eigenvalue weighted by atomic mass is 14.9. The first-order chi connectivity index (χ1) is 11.8. The second-order valence-corrected chi connectivity index (χ2v) is 9.82. The van der Waals surface area contributed by atoms with Crippen LogP contribution < -0.4 is 0 Å². The molecule has 1 aliphatic carbocycles. The quantitative estimate of drug-likeness (QED) is 0.640. The molecule has 1 saturated carbocycles. The van der Waals surface area contributed by atoms with E-state index in [-0.39, 0.29) is 0 Å². The Labute approximate surface area is 153 Å². The van der Waals surface area contributed by atoms with Crippen molar-refractivity contribution in [2.24, 2.45) is 10.8 Å². The van der Waals surface area contributed by atoms with Crippen molar-refractivity contribution in [3.63, 3.8) is 0 Å². The van der Waals surface area contributed by atoms with Gasteiger partial charge in [-0.25, -0.2) is 9.97 Å². The maximum Gasteiger partial charge on any atom is 0.156 e. The Morgan fingerprint density at radius 2 is 1.80 bits per heavy atom. The van der Waals surface area contributed by atoms with Gasteiger partial charge in [0, 0.05) is 12.1 Å². The summed E-state index contributed by atoms with van der Waals surface area (Å²) in [4.78, 5) is 12.9.